The molecule has 0 unspecified atom stereocenters. The Morgan fingerprint density at radius 1 is 1.14 bits per heavy atom. The van der Waals surface area contributed by atoms with Crippen LogP contribution in [0.1, 0.15) is 10.6 Å². The molecule has 142 valence electrons. The SMILES string of the molecule is O=C(CNc1nc(Cl)nc2nc[nH]c12)Nc1nnc(CCc2ccccc2)s1. The van der Waals surface area contributed by atoms with Crippen molar-refractivity contribution in [3.05, 3.63) is 52.5 Å². The first-order chi connectivity index (χ1) is 13.7. The topological polar surface area (TPSA) is 121 Å². The second kappa shape index (κ2) is 8.28. The Morgan fingerprint density at radius 3 is 2.86 bits per heavy atom. The number of halogens is 1. The molecule has 0 spiro atoms. The number of aromatic amines is 1. The van der Waals surface area contributed by atoms with Crippen LogP contribution in [0.4, 0.5) is 10.9 Å². The normalized spacial score (nSPS) is 10.9. The lowest BCUT2D eigenvalue weighted by Gasteiger charge is -2.06. The fourth-order valence-electron chi connectivity index (χ4n) is 2.56. The van der Waals surface area contributed by atoms with Gasteiger partial charge in [0, 0.05) is 6.42 Å². The minimum atomic E-state index is -0.270. The number of rotatable bonds is 7. The zero-order valence-corrected chi connectivity index (χ0v) is 16.1. The van der Waals surface area contributed by atoms with Crippen molar-refractivity contribution in [3.8, 4) is 0 Å². The molecule has 0 saturated carbocycles. The summed E-state index contributed by atoms with van der Waals surface area (Å²) in [6.45, 7) is -0.0135. The smallest absolute Gasteiger partial charge is 0.245 e. The summed E-state index contributed by atoms with van der Waals surface area (Å²) in [4.78, 5) is 27.2. The molecule has 0 fully saturated rings. The Labute approximate surface area is 168 Å². The third-order valence-corrected chi connectivity index (χ3v) is 4.93. The number of nitrogens with zero attached hydrogens (tertiary/aromatic N) is 5. The van der Waals surface area contributed by atoms with E-state index in [4.69, 9.17) is 11.6 Å². The van der Waals surface area contributed by atoms with Crippen molar-refractivity contribution in [1.29, 1.82) is 0 Å². The van der Waals surface area contributed by atoms with Crippen molar-refractivity contribution < 1.29 is 4.79 Å². The van der Waals surface area contributed by atoms with Crippen LogP contribution in [0.2, 0.25) is 5.28 Å². The summed E-state index contributed by atoms with van der Waals surface area (Å²) in [5.74, 6) is 0.136. The van der Waals surface area contributed by atoms with Crippen LogP contribution in [-0.4, -0.2) is 42.6 Å². The molecule has 0 aliphatic carbocycles. The van der Waals surface area contributed by atoms with Gasteiger partial charge in [0.1, 0.15) is 10.5 Å². The van der Waals surface area contributed by atoms with Gasteiger partial charge in [-0.15, -0.1) is 10.2 Å². The number of aryl methyl sites for hydroxylation is 2. The number of fused-ring (bicyclic) bond motifs is 1. The van der Waals surface area contributed by atoms with Crippen LogP contribution >= 0.6 is 22.9 Å². The predicted octanol–water partition coefficient (Wildman–Crippen LogP) is 2.69. The highest BCUT2D eigenvalue weighted by molar-refractivity contribution is 7.15. The molecule has 9 nitrogen and oxygen atoms in total. The molecule has 0 atom stereocenters. The van der Waals surface area contributed by atoms with E-state index >= 15 is 0 Å². The number of hydrogen-bond donors (Lipinski definition) is 3. The van der Waals surface area contributed by atoms with E-state index in [1.54, 1.807) is 0 Å². The molecule has 0 aliphatic rings. The van der Waals surface area contributed by atoms with E-state index in [-0.39, 0.29) is 17.7 Å². The summed E-state index contributed by atoms with van der Waals surface area (Å²) in [5, 5.41) is 15.2. The highest BCUT2D eigenvalue weighted by atomic mass is 35.5. The fourth-order valence-corrected chi connectivity index (χ4v) is 3.48. The van der Waals surface area contributed by atoms with Crippen LogP contribution in [0.5, 0.6) is 0 Å². The number of carbonyl (C=O) groups is 1. The lowest BCUT2D eigenvalue weighted by molar-refractivity contribution is -0.114. The Balaban J connectivity index is 1.31. The average molecular weight is 415 g/mol. The maximum Gasteiger partial charge on any atom is 0.245 e. The van der Waals surface area contributed by atoms with E-state index in [1.807, 2.05) is 18.2 Å². The van der Waals surface area contributed by atoms with E-state index in [0.717, 1.165) is 17.8 Å². The lowest BCUT2D eigenvalue weighted by atomic mass is 10.1. The maximum atomic E-state index is 12.2. The zero-order valence-electron chi connectivity index (χ0n) is 14.5. The zero-order chi connectivity index (χ0) is 19.3. The second-order valence-electron chi connectivity index (χ2n) is 5.83. The highest BCUT2D eigenvalue weighted by Crippen LogP contribution is 2.19. The molecule has 0 bridgehead atoms. The summed E-state index contributed by atoms with van der Waals surface area (Å²) in [6, 6.07) is 10.2. The predicted molar refractivity (Wildman–Crippen MR) is 108 cm³/mol. The number of imidazole rings is 1. The van der Waals surface area contributed by atoms with Crippen molar-refractivity contribution >= 4 is 51.0 Å². The van der Waals surface area contributed by atoms with Crippen LogP contribution in [0.25, 0.3) is 11.2 Å². The van der Waals surface area contributed by atoms with Crippen molar-refractivity contribution in [1.82, 2.24) is 30.1 Å². The van der Waals surface area contributed by atoms with Gasteiger partial charge in [-0.2, -0.15) is 9.97 Å². The first-order valence-electron chi connectivity index (χ1n) is 8.44. The number of nitrogens with one attached hydrogen (secondary N) is 3. The van der Waals surface area contributed by atoms with Crippen LogP contribution in [0, 0.1) is 0 Å². The summed E-state index contributed by atoms with van der Waals surface area (Å²) >= 11 is 7.23. The third-order valence-electron chi connectivity index (χ3n) is 3.86. The van der Waals surface area contributed by atoms with Gasteiger partial charge in [0.15, 0.2) is 11.5 Å². The van der Waals surface area contributed by atoms with Gasteiger partial charge >= 0.3 is 0 Å². The van der Waals surface area contributed by atoms with Gasteiger partial charge in [-0.1, -0.05) is 41.7 Å². The van der Waals surface area contributed by atoms with Crippen molar-refractivity contribution in [2.45, 2.75) is 12.8 Å². The molecular weight excluding hydrogens is 400 g/mol. The van der Waals surface area contributed by atoms with Gasteiger partial charge < -0.3 is 10.3 Å². The Kier molecular flexibility index (Phi) is 5.40. The number of aromatic nitrogens is 6. The molecule has 3 aromatic heterocycles. The highest BCUT2D eigenvalue weighted by Gasteiger charge is 2.12. The number of carbonyl (C=O) groups excluding carboxylic acids is 1. The summed E-state index contributed by atoms with van der Waals surface area (Å²) in [5.41, 5.74) is 2.24. The number of benzene rings is 1. The number of amides is 1. The van der Waals surface area contributed by atoms with Gasteiger partial charge in [0.25, 0.3) is 0 Å². The monoisotopic (exact) mass is 414 g/mol. The van der Waals surface area contributed by atoms with Crippen LogP contribution in [-0.2, 0) is 17.6 Å². The lowest BCUT2D eigenvalue weighted by Crippen LogP contribution is -2.22. The molecular formula is C17H15ClN8OS. The van der Waals surface area contributed by atoms with E-state index in [0.29, 0.717) is 22.1 Å². The molecule has 0 saturated heterocycles. The van der Waals surface area contributed by atoms with Gasteiger partial charge in [-0.05, 0) is 23.6 Å². The number of H-pyrrole nitrogens is 1. The van der Waals surface area contributed by atoms with E-state index in [1.165, 1.54) is 23.2 Å². The summed E-state index contributed by atoms with van der Waals surface area (Å²) in [7, 11) is 0. The third kappa shape index (κ3) is 4.41. The summed E-state index contributed by atoms with van der Waals surface area (Å²) in [6.07, 6.45) is 3.13. The first kappa shape index (κ1) is 18.3. The molecule has 1 aromatic carbocycles. The number of anilines is 2. The first-order valence-corrected chi connectivity index (χ1v) is 9.63. The second-order valence-corrected chi connectivity index (χ2v) is 7.23. The standard InChI is InChI=1S/C17H15ClN8OS/c18-16-23-14(13-15(24-16)21-9-20-13)19-8-11(27)22-17-26-25-12(28-17)7-6-10-4-2-1-3-5-10/h1-5,9H,6-8H2,(H,22,26,27)(H2,19,20,21,23,24). The molecule has 3 heterocycles. The van der Waals surface area contributed by atoms with Gasteiger partial charge in [-0.25, -0.2) is 4.98 Å². The molecule has 3 N–H and O–H groups in total. The number of hydrogen-bond acceptors (Lipinski definition) is 8. The summed E-state index contributed by atoms with van der Waals surface area (Å²) < 4.78 is 0. The largest absolute Gasteiger partial charge is 0.359 e. The minimum Gasteiger partial charge on any atom is -0.359 e. The Hall–Kier alpha value is -3.11. The minimum absolute atomic E-state index is 0.0135. The van der Waals surface area contributed by atoms with Crippen molar-refractivity contribution in [3.63, 3.8) is 0 Å². The average Bonchev–Trinajstić information content (AvgIpc) is 3.34. The quantitative estimate of drug-likeness (QED) is 0.397. The molecule has 11 heteroatoms. The van der Waals surface area contributed by atoms with Crippen molar-refractivity contribution in [2.24, 2.45) is 0 Å². The Bertz CT molecular complexity index is 1100. The van der Waals surface area contributed by atoms with E-state index < -0.39 is 0 Å². The van der Waals surface area contributed by atoms with Gasteiger partial charge in [0.05, 0.1) is 12.9 Å². The fraction of sp³-hybridized carbons (Fsp3) is 0.176. The maximum absolute atomic E-state index is 12.2. The molecule has 0 radical (unpaired) electrons. The molecule has 1 amide bonds. The van der Waals surface area contributed by atoms with Gasteiger partial charge in [-0.3, -0.25) is 10.1 Å². The van der Waals surface area contributed by atoms with E-state index in [2.05, 4.69) is 52.9 Å². The van der Waals surface area contributed by atoms with Crippen LogP contribution in [0.3, 0.4) is 0 Å². The molecule has 28 heavy (non-hydrogen) atoms. The van der Waals surface area contributed by atoms with Gasteiger partial charge in [0.2, 0.25) is 16.3 Å². The Morgan fingerprint density at radius 2 is 2.00 bits per heavy atom. The molecule has 4 rings (SSSR count). The van der Waals surface area contributed by atoms with Crippen molar-refractivity contribution in [2.75, 3.05) is 17.2 Å². The molecule has 4 aromatic rings. The van der Waals surface area contributed by atoms with Crippen LogP contribution < -0.4 is 10.6 Å². The molecule has 0 aliphatic heterocycles. The van der Waals surface area contributed by atoms with E-state index in [9.17, 15) is 4.79 Å². The van der Waals surface area contributed by atoms with Crippen LogP contribution in [0.15, 0.2) is 36.7 Å².